The van der Waals surface area contributed by atoms with Crippen molar-refractivity contribution in [2.24, 2.45) is 7.05 Å². The second-order valence-electron chi connectivity index (χ2n) is 8.63. The fourth-order valence-electron chi connectivity index (χ4n) is 4.18. The van der Waals surface area contributed by atoms with Crippen LogP contribution in [-0.2, 0) is 23.2 Å². The predicted molar refractivity (Wildman–Crippen MR) is 136 cm³/mol. The molecule has 4 rings (SSSR count). The number of hydrogen-bond acceptors (Lipinski definition) is 6. The van der Waals surface area contributed by atoms with Crippen molar-refractivity contribution in [1.29, 1.82) is 0 Å². The number of benzene rings is 2. The third-order valence-corrected chi connectivity index (χ3v) is 6.15. The Balaban J connectivity index is 1.64. The summed E-state index contributed by atoms with van der Waals surface area (Å²) >= 11 is 6.59. The molecule has 0 saturated heterocycles. The average Bonchev–Trinajstić information content (AvgIpc) is 3.27. The summed E-state index contributed by atoms with van der Waals surface area (Å²) in [7, 11) is 1.82. The summed E-state index contributed by atoms with van der Waals surface area (Å²) in [6, 6.07) is 10.7. The van der Waals surface area contributed by atoms with Crippen molar-refractivity contribution in [2.75, 3.05) is 6.61 Å². The highest BCUT2D eigenvalue weighted by Gasteiger charge is 2.19. The van der Waals surface area contributed by atoms with Gasteiger partial charge in [0.25, 0.3) is 0 Å². The van der Waals surface area contributed by atoms with Gasteiger partial charge in [-0.25, -0.2) is 14.6 Å². The number of para-hydroxylation sites is 1. The molecule has 0 radical (unpaired) electrons. The molecule has 8 nitrogen and oxygen atoms in total. The van der Waals surface area contributed by atoms with Crippen LogP contribution in [0.4, 0.5) is 8.78 Å². The number of alkyl halides is 2. The maximum absolute atomic E-state index is 12.3. The Morgan fingerprint density at radius 2 is 2.00 bits per heavy atom. The zero-order chi connectivity index (χ0) is 26.7. The van der Waals surface area contributed by atoms with Crippen molar-refractivity contribution in [1.82, 2.24) is 25.1 Å². The SMILES string of the molecule is Cc1cc(Cl)c(COc2cccc3c(-c4ncnn4C)cc(C)nc23)c([C@H](C)NC(=O)COC(F)F)c1. The molecule has 1 atom stereocenters. The van der Waals surface area contributed by atoms with Gasteiger partial charge in [0.2, 0.25) is 5.91 Å². The summed E-state index contributed by atoms with van der Waals surface area (Å²) in [6.45, 7) is 1.83. The zero-order valence-electron chi connectivity index (χ0n) is 20.8. The lowest BCUT2D eigenvalue weighted by Crippen LogP contribution is -2.31. The number of fused-ring (bicyclic) bond motifs is 1. The number of nitrogens with one attached hydrogen (secondary N) is 1. The van der Waals surface area contributed by atoms with Crippen LogP contribution < -0.4 is 10.1 Å². The summed E-state index contributed by atoms with van der Waals surface area (Å²) in [6.07, 6.45) is 1.50. The van der Waals surface area contributed by atoms with Gasteiger partial charge in [-0.05, 0) is 50.1 Å². The number of nitrogens with zero attached hydrogens (tertiary/aromatic N) is 4. The largest absolute Gasteiger partial charge is 0.487 e. The third kappa shape index (κ3) is 6.03. The third-order valence-electron chi connectivity index (χ3n) is 5.81. The molecule has 0 aliphatic heterocycles. The molecule has 2 aromatic heterocycles. The van der Waals surface area contributed by atoms with E-state index < -0.39 is 25.2 Å². The number of aromatic nitrogens is 4. The summed E-state index contributed by atoms with van der Waals surface area (Å²) in [5, 5.41) is 8.16. The lowest BCUT2D eigenvalue weighted by atomic mass is 9.99. The Bertz CT molecular complexity index is 1440. The molecule has 2 aromatic carbocycles. The van der Waals surface area contributed by atoms with E-state index in [9.17, 15) is 13.6 Å². The molecule has 0 spiro atoms. The Hall–Kier alpha value is -3.63. The number of aryl methyl sites for hydroxylation is 3. The van der Waals surface area contributed by atoms with Crippen LogP contribution in [0.25, 0.3) is 22.3 Å². The van der Waals surface area contributed by atoms with Crippen LogP contribution >= 0.6 is 11.6 Å². The Morgan fingerprint density at radius 3 is 2.70 bits per heavy atom. The molecule has 2 heterocycles. The zero-order valence-corrected chi connectivity index (χ0v) is 21.5. The van der Waals surface area contributed by atoms with Gasteiger partial charge < -0.3 is 14.8 Å². The van der Waals surface area contributed by atoms with Gasteiger partial charge in [-0.3, -0.25) is 4.79 Å². The number of ether oxygens (including phenoxy) is 2. The van der Waals surface area contributed by atoms with Crippen LogP contribution in [0, 0.1) is 13.8 Å². The van der Waals surface area contributed by atoms with E-state index >= 15 is 0 Å². The van der Waals surface area contributed by atoms with E-state index in [0.717, 1.165) is 22.2 Å². The van der Waals surface area contributed by atoms with Crippen LogP contribution in [-0.4, -0.2) is 38.9 Å². The molecule has 0 aliphatic rings. The molecule has 1 N–H and O–H groups in total. The molecule has 4 aromatic rings. The summed E-state index contributed by atoms with van der Waals surface area (Å²) in [5.41, 5.74) is 4.58. The average molecular weight is 530 g/mol. The summed E-state index contributed by atoms with van der Waals surface area (Å²) < 4.78 is 36.6. The van der Waals surface area contributed by atoms with Crippen molar-refractivity contribution < 1.29 is 23.0 Å². The number of amides is 1. The van der Waals surface area contributed by atoms with Crippen LogP contribution in [0.3, 0.4) is 0 Å². The molecular formula is C26H26ClF2N5O3. The highest BCUT2D eigenvalue weighted by molar-refractivity contribution is 6.31. The number of carbonyl (C=O) groups is 1. The number of rotatable bonds is 9. The first-order valence-electron chi connectivity index (χ1n) is 11.5. The van der Waals surface area contributed by atoms with Gasteiger partial charge in [-0.2, -0.15) is 13.9 Å². The highest BCUT2D eigenvalue weighted by Crippen LogP contribution is 2.34. The van der Waals surface area contributed by atoms with Crippen molar-refractivity contribution >= 4 is 28.4 Å². The molecule has 0 saturated carbocycles. The molecule has 0 bridgehead atoms. The van der Waals surface area contributed by atoms with Gasteiger partial charge in [0.1, 0.15) is 30.8 Å². The highest BCUT2D eigenvalue weighted by atomic mass is 35.5. The Morgan fingerprint density at radius 1 is 1.22 bits per heavy atom. The number of pyridine rings is 1. The van der Waals surface area contributed by atoms with Crippen LogP contribution in [0.5, 0.6) is 5.75 Å². The Labute approximate surface area is 217 Å². The standard InChI is InChI=1S/C26H26ClF2N5O3/c1-14-8-18(16(3)33-23(35)12-37-26(28)29)20(21(27)9-14)11-36-22-7-5-6-17-19(10-15(2)32-24(17)22)25-30-13-31-34(25)4/h5-10,13,16,26H,11-12H2,1-4H3,(H,33,35)/t16-/m0/s1. The second kappa shape index (κ2) is 11.2. The topological polar surface area (TPSA) is 91.2 Å². The Kier molecular flexibility index (Phi) is 7.99. The molecular weight excluding hydrogens is 504 g/mol. The monoisotopic (exact) mass is 529 g/mol. The van der Waals surface area contributed by atoms with Crippen molar-refractivity contribution in [2.45, 2.75) is 40.0 Å². The van der Waals surface area contributed by atoms with E-state index in [1.807, 2.05) is 51.2 Å². The van der Waals surface area contributed by atoms with E-state index in [1.165, 1.54) is 6.33 Å². The number of hydrogen-bond donors (Lipinski definition) is 1. The van der Waals surface area contributed by atoms with Crippen molar-refractivity contribution in [3.05, 3.63) is 70.1 Å². The maximum atomic E-state index is 12.3. The summed E-state index contributed by atoms with van der Waals surface area (Å²) in [4.78, 5) is 21.2. The normalized spacial score (nSPS) is 12.2. The van der Waals surface area contributed by atoms with Gasteiger partial charge in [0, 0.05) is 34.3 Å². The van der Waals surface area contributed by atoms with Gasteiger partial charge >= 0.3 is 6.61 Å². The molecule has 0 unspecified atom stereocenters. The number of halogens is 3. The van der Waals surface area contributed by atoms with Crippen molar-refractivity contribution in [3.63, 3.8) is 0 Å². The molecule has 0 aliphatic carbocycles. The fourth-order valence-corrected chi connectivity index (χ4v) is 4.51. The minimum Gasteiger partial charge on any atom is -0.487 e. The predicted octanol–water partition coefficient (Wildman–Crippen LogP) is 5.30. The molecule has 37 heavy (non-hydrogen) atoms. The van der Waals surface area contributed by atoms with E-state index in [0.29, 0.717) is 33.2 Å². The molecule has 1 amide bonds. The lowest BCUT2D eigenvalue weighted by molar-refractivity contribution is -0.152. The van der Waals surface area contributed by atoms with Gasteiger partial charge in [-0.1, -0.05) is 29.8 Å². The number of carbonyl (C=O) groups excluding carboxylic acids is 1. The van der Waals surface area contributed by atoms with E-state index in [-0.39, 0.29) is 6.61 Å². The van der Waals surface area contributed by atoms with E-state index in [1.54, 1.807) is 17.7 Å². The minimum atomic E-state index is -3.02. The lowest BCUT2D eigenvalue weighted by Gasteiger charge is -2.21. The molecule has 11 heteroatoms. The van der Waals surface area contributed by atoms with Gasteiger partial charge in [0.05, 0.1) is 6.04 Å². The smallest absolute Gasteiger partial charge is 0.345 e. The molecule has 194 valence electrons. The first kappa shape index (κ1) is 26.4. The second-order valence-corrected chi connectivity index (χ2v) is 9.04. The van der Waals surface area contributed by atoms with Gasteiger partial charge in [0.15, 0.2) is 5.82 Å². The minimum absolute atomic E-state index is 0.0935. The quantitative estimate of drug-likeness (QED) is 0.316. The van der Waals surface area contributed by atoms with Crippen LogP contribution in [0.15, 0.2) is 42.7 Å². The van der Waals surface area contributed by atoms with Crippen LogP contribution in [0.1, 0.15) is 35.3 Å². The van der Waals surface area contributed by atoms with Gasteiger partial charge in [-0.15, -0.1) is 0 Å². The first-order valence-corrected chi connectivity index (χ1v) is 11.9. The maximum Gasteiger partial charge on any atom is 0.345 e. The molecule has 0 fully saturated rings. The first-order chi connectivity index (χ1) is 17.6. The van der Waals surface area contributed by atoms with E-state index in [4.69, 9.17) is 21.3 Å². The van der Waals surface area contributed by atoms with Crippen LogP contribution in [0.2, 0.25) is 5.02 Å². The fraction of sp³-hybridized carbons (Fsp3) is 0.308. The summed E-state index contributed by atoms with van der Waals surface area (Å²) in [5.74, 6) is 0.591. The van der Waals surface area contributed by atoms with E-state index in [2.05, 4.69) is 20.1 Å². The van der Waals surface area contributed by atoms with Crippen molar-refractivity contribution in [3.8, 4) is 17.1 Å².